The highest BCUT2D eigenvalue weighted by Crippen LogP contribution is 2.11. The van der Waals surface area contributed by atoms with Crippen LogP contribution in [0.25, 0.3) is 0 Å². The van der Waals surface area contributed by atoms with Crippen LogP contribution in [-0.4, -0.2) is 22.7 Å². The van der Waals surface area contributed by atoms with Crippen molar-refractivity contribution in [3.8, 4) is 0 Å². The molecule has 0 radical (unpaired) electrons. The minimum atomic E-state index is 0.156. The van der Waals surface area contributed by atoms with Crippen LogP contribution < -0.4 is 0 Å². The Morgan fingerprint density at radius 3 is 2.29 bits per heavy atom. The van der Waals surface area contributed by atoms with Gasteiger partial charge in [0.15, 0.2) is 5.78 Å². The number of hydrogen-bond donors (Lipinski definition) is 0. The molecule has 0 spiro atoms. The second-order valence-corrected chi connectivity index (χ2v) is 5.43. The second kappa shape index (κ2) is 5.76. The van der Waals surface area contributed by atoms with Gasteiger partial charge in [0, 0.05) is 10.9 Å². The number of carbonyl (C=O) groups is 1. The Labute approximate surface area is 88.1 Å². The van der Waals surface area contributed by atoms with Gasteiger partial charge in [-0.3, -0.25) is 4.79 Å². The third-order valence-corrected chi connectivity index (χ3v) is 4.10. The predicted molar refractivity (Wildman–Crippen MR) is 65.5 cm³/mol. The summed E-state index contributed by atoms with van der Waals surface area (Å²) >= 11 is 0. The van der Waals surface area contributed by atoms with Crippen molar-refractivity contribution in [3.63, 3.8) is 0 Å². The Hall–Kier alpha value is -0.890. The maximum Gasteiger partial charge on any atom is 0.191 e. The zero-order valence-corrected chi connectivity index (χ0v) is 9.51. The van der Waals surface area contributed by atoms with Gasteiger partial charge in [-0.25, -0.2) is 0 Å². The maximum atomic E-state index is 11.7. The molecule has 0 aromatic heterocycles. The number of benzene rings is 1. The van der Waals surface area contributed by atoms with E-state index in [0.29, 0.717) is 0 Å². The molecule has 0 saturated carbocycles. The molecular formula is C12H16OS. The predicted octanol–water partition coefficient (Wildman–Crippen LogP) is 2.98. The van der Waals surface area contributed by atoms with E-state index in [2.05, 4.69) is 13.8 Å². The molecule has 0 saturated heterocycles. The van der Waals surface area contributed by atoms with Crippen molar-refractivity contribution in [2.24, 2.45) is 0 Å². The molecule has 1 nitrogen and oxygen atoms in total. The lowest BCUT2D eigenvalue weighted by Gasteiger charge is -2.01. The Bertz CT molecular complexity index is 321. The molecule has 0 atom stereocenters. The van der Waals surface area contributed by atoms with E-state index < -0.39 is 0 Å². The van der Waals surface area contributed by atoms with Gasteiger partial charge in [0.2, 0.25) is 0 Å². The van der Waals surface area contributed by atoms with E-state index in [1.54, 1.807) is 0 Å². The Kier molecular flexibility index (Phi) is 4.60. The Balaban J connectivity index is 2.82. The van der Waals surface area contributed by atoms with Crippen molar-refractivity contribution in [2.45, 2.75) is 13.8 Å². The standard InChI is InChI=1S/C12H16OS/c1-3-14(4-2)10-12(13)11-8-6-5-7-9-11/h5-10H,3-4H2,1-2H3. The summed E-state index contributed by atoms with van der Waals surface area (Å²) < 4.78 is 0. The van der Waals surface area contributed by atoms with E-state index in [-0.39, 0.29) is 16.3 Å². The van der Waals surface area contributed by atoms with Crippen molar-refractivity contribution in [2.75, 3.05) is 11.5 Å². The summed E-state index contributed by atoms with van der Waals surface area (Å²) in [6.07, 6.45) is 0. The molecule has 0 fully saturated rings. The van der Waals surface area contributed by atoms with Gasteiger partial charge < -0.3 is 0 Å². The monoisotopic (exact) mass is 208 g/mol. The Morgan fingerprint density at radius 2 is 1.79 bits per heavy atom. The summed E-state index contributed by atoms with van der Waals surface area (Å²) in [5.74, 6) is 2.29. The van der Waals surface area contributed by atoms with Gasteiger partial charge in [0.25, 0.3) is 0 Å². The van der Waals surface area contributed by atoms with Gasteiger partial charge in [-0.1, -0.05) is 44.2 Å². The minimum absolute atomic E-state index is 0.156. The topological polar surface area (TPSA) is 17.1 Å². The van der Waals surface area contributed by atoms with Gasteiger partial charge in [-0.05, 0) is 11.5 Å². The highest BCUT2D eigenvalue weighted by atomic mass is 32.2. The fourth-order valence-corrected chi connectivity index (χ4v) is 2.37. The third kappa shape index (κ3) is 3.11. The number of hydrogen-bond acceptors (Lipinski definition) is 1. The van der Waals surface area contributed by atoms with Gasteiger partial charge in [-0.2, -0.15) is 10.5 Å². The van der Waals surface area contributed by atoms with Crippen molar-refractivity contribution >= 4 is 21.6 Å². The smallest absolute Gasteiger partial charge is 0.191 e. The van der Waals surface area contributed by atoms with E-state index in [1.807, 2.05) is 35.7 Å². The van der Waals surface area contributed by atoms with E-state index in [0.717, 1.165) is 17.1 Å². The molecule has 0 bridgehead atoms. The van der Waals surface area contributed by atoms with Crippen LogP contribution in [0.1, 0.15) is 24.2 Å². The largest absolute Gasteiger partial charge is 0.289 e. The zero-order valence-electron chi connectivity index (χ0n) is 8.69. The summed E-state index contributed by atoms with van der Waals surface area (Å²) in [5, 5.41) is 1.87. The lowest BCUT2D eigenvalue weighted by molar-refractivity contribution is 0.107. The average Bonchev–Trinajstić information content (AvgIpc) is 2.26. The van der Waals surface area contributed by atoms with Crippen LogP contribution in [0.3, 0.4) is 0 Å². The summed E-state index contributed by atoms with van der Waals surface area (Å²) in [5.41, 5.74) is 0.798. The molecule has 14 heavy (non-hydrogen) atoms. The van der Waals surface area contributed by atoms with E-state index in [4.69, 9.17) is 0 Å². The number of ketones is 1. The first-order chi connectivity index (χ1) is 6.77. The maximum absolute atomic E-state index is 11.7. The van der Waals surface area contributed by atoms with Crippen LogP contribution in [0.2, 0.25) is 0 Å². The average molecular weight is 208 g/mol. The van der Waals surface area contributed by atoms with E-state index in [9.17, 15) is 4.79 Å². The van der Waals surface area contributed by atoms with E-state index in [1.165, 1.54) is 0 Å². The fourth-order valence-electron chi connectivity index (χ4n) is 1.19. The quantitative estimate of drug-likeness (QED) is 0.549. The molecule has 0 N–H and O–H groups in total. The van der Waals surface area contributed by atoms with Crippen molar-refractivity contribution in [1.29, 1.82) is 0 Å². The summed E-state index contributed by atoms with van der Waals surface area (Å²) in [4.78, 5) is 11.7. The zero-order chi connectivity index (χ0) is 10.4. The summed E-state index contributed by atoms with van der Waals surface area (Å²) in [6.45, 7) is 4.25. The second-order valence-electron chi connectivity index (χ2n) is 2.96. The van der Waals surface area contributed by atoms with Crippen LogP contribution in [0.15, 0.2) is 30.3 Å². The molecule has 0 aliphatic carbocycles. The first kappa shape index (κ1) is 11.2. The summed E-state index contributed by atoms with van der Waals surface area (Å²) in [6, 6.07) is 9.46. The summed E-state index contributed by atoms with van der Waals surface area (Å²) in [7, 11) is 0.156. The Morgan fingerprint density at radius 1 is 1.21 bits per heavy atom. The van der Waals surface area contributed by atoms with Crippen molar-refractivity contribution in [1.82, 2.24) is 0 Å². The molecular weight excluding hydrogens is 192 g/mol. The van der Waals surface area contributed by atoms with Crippen molar-refractivity contribution < 1.29 is 4.79 Å². The first-order valence-electron chi connectivity index (χ1n) is 4.88. The van der Waals surface area contributed by atoms with Crippen LogP contribution >= 0.6 is 10.5 Å². The molecule has 0 amide bonds. The lowest BCUT2D eigenvalue weighted by atomic mass is 10.2. The SMILES string of the molecule is CCS(=CC(=O)c1ccccc1)CC. The number of Topliss-reactive ketones (excluding diaryl/α,β-unsaturated/α-hetero) is 1. The van der Waals surface area contributed by atoms with Crippen LogP contribution in [0.4, 0.5) is 0 Å². The van der Waals surface area contributed by atoms with Crippen LogP contribution in [0.5, 0.6) is 0 Å². The van der Waals surface area contributed by atoms with Gasteiger partial charge in [0.1, 0.15) is 0 Å². The molecule has 76 valence electrons. The van der Waals surface area contributed by atoms with E-state index >= 15 is 0 Å². The molecule has 1 aromatic carbocycles. The van der Waals surface area contributed by atoms with Gasteiger partial charge in [0.05, 0.1) is 0 Å². The fraction of sp³-hybridized carbons (Fsp3) is 0.333. The molecule has 0 aliphatic heterocycles. The molecule has 0 aliphatic rings. The molecule has 1 rings (SSSR count). The third-order valence-electron chi connectivity index (χ3n) is 2.07. The molecule has 1 aromatic rings. The highest BCUT2D eigenvalue weighted by Gasteiger charge is 2.01. The van der Waals surface area contributed by atoms with Crippen molar-refractivity contribution in [3.05, 3.63) is 35.9 Å². The number of carbonyl (C=O) groups excluding carboxylic acids is 1. The molecule has 0 unspecified atom stereocenters. The van der Waals surface area contributed by atoms with Gasteiger partial charge in [-0.15, -0.1) is 0 Å². The normalized spacial score (nSPS) is 10.2. The lowest BCUT2D eigenvalue weighted by Crippen LogP contribution is -2.01. The van der Waals surface area contributed by atoms with Gasteiger partial charge >= 0.3 is 0 Å². The first-order valence-corrected chi connectivity index (χ1v) is 6.51. The van der Waals surface area contributed by atoms with Crippen LogP contribution in [0, 0.1) is 0 Å². The van der Waals surface area contributed by atoms with Crippen LogP contribution in [-0.2, 0) is 0 Å². The molecule has 0 heterocycles. The minimum Gasteiger partial charge on any atom is -0.289 e. The molecule has 2 heteroatoms. The number of rotatable bonds is 4. The highest BCUT2D eigenvalue weighted by molar-refractivity contribution is 8.15.